The number of anilines is 1. The molecule has 0 aliphatic carbocycles. The van der Waals surface area contributed by atoms with Crippen LogP contribution in [0.2, 0.25) is 5.02 Å². The van der Waals surface area contributed by atoms with Gasteiger partial charge in [-0.25, -0.2) is 4.79 Å². The number of benzene rings is 1. The fourth-order valence-electron chi connectivity index (χ4n) is 1.44. The summed E-state index contributed by atoms with van der Waals surface area (Å²) in [4.78, 5) is 11.5. The summed E-state index contributed by atoms with van der Waals surface area (Å²) < 4.78 is 37.7. The molecule has 0 aliphatic rings. The van der Waals surface area contributed by atoms with Gasteiger partial charge < -0.3 is 10.6 Å². The Kier molecular flexibility index (Phi) is 5.68. The lowest BCUT2D eigenvalue weighted by Gasteiger charge is -2.12. The largest absolute Gasteiger partial charge is 0.416 e. The van der Waals surface area contributed by atoms with Crippen molar-refractivity contribution in [2.24, 2.45) is 5.92 Å². The number of carbonyl (C=O) groups is 1. The molecule has 0 aliphatic heterocycles. The molecule has 7 heteroatoms. The predicted octanol–water partition coefficient (Wildman–Crippen LogP) is 4.53. The van der Waals surface area contributed by atoms with Crippen molar-refractivity contribution in [3.63, 3.8) is 0 Å². The number of hydrogen-bond acceptors (Lipinski definition) is 1. The highest BCUT2D eigenvalue weighted by Gasteiger charge is 2.31. The van der Waals surface area contributed by atoms with Gasteiger partial charge in [0, 0.05) is 6.54 Å². The Bertz CT molecular complexity index is 475. The van der Waals surface area contributed by atoms with E-state index in [2.05, 4.69) is 10.6 Å². The van der Waals surface area contributed by atoms with Crippen LogP contribution in [0, 0.1) is 5.92 Å². The smallest absolute Gasteiger partial charge is 0.338 e. The lowest BCUT2D eigenvalue weighted by Crippen LogP contribution is -2.30. The average molecular weight is 309 g/mol. The van der Waals surface area contributed by atoms with Crippen molar-refractivity contribution >= 4 is 23.3 Å². The summed E-state index contributed by atoms with van der Waals surface area (Å²) in [5.74, 6) is 0.424. The molecule has 2 amide bonds. The third-order valence-electron chi connectivity index (χ3n) is 2.55. The highest BCUT2D eigenvalue weighted by molar-refractivity contribution is 6.33. The van der Waals surface area contributed by atoms with Gasteiger partial charge >= 0.3 is 12.2 Å². The van der Waals surface area contributed by atoms with Crippen molar-refractivity contribution in [1.29, 1.82) is 0 Å². The third-order valence-corrected chi connectivity index (χ3v) is 2.88. The molecule has 2 N–H and O–H groups in total. The maximum absolute atomic E-state index is 12.6. The molecule has 0 radical (unpaired) electrons. The Labute approximate surface area is 120 Å². The topological polar surface area (TPSA) is 41.1 Å². The van der Waals surface area contributed by atoms with Gasteiger partial charge in [0.15, 0.2) is 0 Å². The standard InChI is InChI=1S/C13H16ClF3N2O/c1-8(2)5-6-18-12(20)19-11-7-9(13(15,16)17)3-4-10(11)14/h3-4,7-8H,5-6H2,1-2H3,(H2,18,19,20). The van der Waals surface area contributed by atoms with Crippen molar-refractivity contribution in [2.45, 2.75) is 26.4 Å². The van der Waals surface area contributed by atoms with E-state index in [-0.39, 0.29) is 10.7 Å². The summed E-state index contributed by atoms with van der Waals surface area (Å²) in [7, 11) is 0. The van der Waals surface area contributed by atoms with Crippen LogP contribution in [0.15, 0.2) is 18.2 Å². The molecule has 1 rings (SSSR count). The number of alkyl halides is 3. The van der Waals surface area contributed by atoms with E-state index in [1.165, 1.54) is 0 Å². The molecule has 0 saturated carbocycles. The first-order valence-electron chi connectivity index (χ1n) is 6.11. The van der Waals surface area contributed by atoms with E-state index in [9.17, 15) is 18.0 Å². The first kappa shape index (κ1) is 16.6. The second-order valence-corrected chi connectivity index (χ2v) is 5.16. The lowest BCUT2D eigenvalue weighted by atomic mass is 10.1. The quantitative estimate of drug-likeness (QED) is 0.843. The second kappa shape index (κ2) is 6.83. The second-order valence-electron chi connectivity index (χ2n) is 4.76. The highest BCUT2D eigenvalue weighted by Crippen LogP contribution is 2.33. The summed E-state index contributed by atoms with van der Waals surface area (Å²) in [5.41, 5.74) is -0.928. The van der Waals surface area contributed by atoms with Gasteiger partial charge in [-0.2, -0.15) is 13.2 Å². The number of urea groups is 1. The lowest BCUT2D eigenvalue weighted by molar-refractivity contribution is -0.137. The van der Waals surface area contributed by atoms with Crippen LogP contribution in [0.4, 0.5) is 23.7 Å². The van der Waals surface area contributed by atoms with Gasteiger partial charge in [-0.15, -0.1) is 0 Å². The normalized spacial score (nSPS) is 11.6. The van der Waals surface area contributed by atoms with Crippen molar-refractivity contribution in [3.8, 4) is 0 Å². The van der Waals surface area contributed by atoms with Gasteiger partial charge in [0.25, 0.3) is 0 Å². The molecular weight excluding hydrogens is 293 g/mol. The van der Waals surface area contributed by atoms with Crippen molar-refractivity contribution in [1.82, 2.24) is 5.32 Å². The van der Waals surface area contributed by atoms with Crippen LogP contribution < -0.4 is 10.6 Å². The molecule has 1 aromatic carbocycles. The maximum Gasteiger partial charge on any atom is 0.416 e. The molecular formula is C13H16ClF3N2O. The van der Waals surface area contributed by atoms with E-state index in [1.807, 2.05) is 13.8 Å². The molecule has 0 saturated heterocycles. The number of hydrogen-bond donors (Lipinski definition) is 2. The van der Waals surface area contributed by atoms with Crippen LogP contribution in [0.25, 0.3) is 0 Å². The monoisotopic (exact) mass is 308 g/mol. The SMILES string of the molecule is CC(C)CCNC(=O)Nc1cc(C(F)(F)F)ccc1Cl. The number of amides is 2. The number of carbonyl (C=O) groups excluding carboxylic acids is 1. The van der Waals surface area contributed by atoms with Crippen LogP contribution in [0.5, 0.6) is 0 Å². The summed E-state index contributed by atoms with van der Waals surface area (Å²) in [6, 6.07) is 2.20. The van der Waals surface area contributed by atoms with Gasteiger partial charge in [-0.1, -0.05) is 25.4 Å². The molecule has 0 atom stereocenters. The summed E-state index contributed by atoms with van der Waals surface area (Å²) in [5, 5.41) is 4.93. The van der Waals surface area contributed by atoms with Gasteiger partial charge in [-0.05, 0) is 30.5 Å². The molecule has 112 valence electrons. The van der Waals surface area contributed by atoms with Crippen molar-refractivity contribution in [2.75, 3.05) is 11.9 Å². The van der Waals surface area contributed by atoms with Gasteiger partial charge in [-0.3, -0.25) is 0 Å². The minimum Gasteiger partial charge on any atom is -0.338 e. The molecule has 0 fully saturated rings. The Balaban J connectivity index is 2.69. The molecule has 3 nitrogen and oxygen atoms in total. The molecule has 0 spiro atoms. The van der Waals surface area contributed by atoms with Crippen molar-refractivity contribution in [3.05, 3.63) is 28.8 Å². The minimum atomic E-state index is -4.48. The third kappa shape index (κ3) is 5.28. The number of halogens is 4. The Morgan fingerprint density at radius 3 is 2.55 bits per heavy atom. The molecule has 1 aromatic rings. The minimum absolute atomic E-state index is 0.0528. The highest BCUT2D eigenvalue weighted by atomic mass is 35.5. The number of rotatable bonds is 4. The maximum atomic E-state index is 12.6. The number of nitrogens with one attached hydrogen (secondary N) is 2. The molecule has 0 heterocycles. The van der Waals surface area contributed by atoms with Crippen LogP contribution in [-0.4, -0.2) is 12.6 Å². The van der Waals surface area contributed by atoms with Gasteiger partial charge in [0.1, 0.15) is 0 Å². The summed E-state index contributed by atoms with van der Waals surface area (Å²) >= 11 is 5.77. The van der Waals surface area contributed by atoms with Crippen LogP contribution in [0.1, 0.15) is 25.8 Å². The first-order chi connectivity index (χ1) is 9.20. The van der Waals surface area contributed by atoms with Crippen LogP contribution in [0.3, 0.4) is 0 Å². The molecule has 20 heavy (non-hydrogen) atoms. The Hall–Kier alpha value is -1.43. The fourth-order valence-corrected chi connectivity index (χ4v) is 1.60. The van der Waals surface area contributed by atoms with Crippen LogP contribution >= 0.6 is 11.6 Å². The Morgan fingerprint density at radius 1 is 1.35 bits per heavy atom. The zero-order valence-corrected chi connectivity index (χ0v) is 11.9. The predicted molar refractivity (Wildman–Crippen MR) is 72.9 cm³/mol. The van der Waals surface area contributed by atoms with Crippen LogP contribution in [-0.2, 0) is 6.18 Å². The summed E-state index contributed by atoms with van der Waals surface area (Å²) in [6.45, 7) is 4.45. The van der Waals surface area contributed by atoms with E-state index in [4.69, 9.17) is 11.6 Å². The zero-order chi connectivity index (χ0) is 15.3. The van der Waals surface area contributed by atoms with E-state index < -0.39 is 17.8 Å². The zero-order valence-electron chi connectivity index (χ0n) is 11.1. The van der Waals surface area contributed by atoms with Gasteiger partial charge in [0.2, 0.25) is 0 Å². The first-order valence-corrected chi connectivity index (χ1v) is 6.49. The summed E-state index contributed by atoms with van der Waals surface area (Å²) in [6.07, 6.45) is -3.70. The molecule has 0 bridgehead atoms. The fraction of sp³-hybridized carbons (Fsp3) is 0.462. The Morgan fingerprint density at radius 2 is 2.00 bits per heavy atom. The van der Waals surface area contributed by atoms with Gasteiger partial charge in [0.05, 0.1) is 16.3 Å². The van der Waals surface area contributed by atoms with E-state index in [0.717, 1.165) is 24.6 Å². The molecule has 0 unspecified atom stereocenters. The van der Waals surface area contributed by atoms with Crippen molar-refractivity contribution < 1.29 is 18.0 Å². The van der Waals surface area contributed by atoms with E-state index in [0.29, 0.717) is 12.5 Å². The average Bonchev–Trinajstić information content (AvgIpc) is 2.30. The molecule has 0 aromatic heterocycles. The van der Waals surface area contributed by atoms with E-state index in [1.54, 1.807) is 0 Å². The van der Waals surface area contributed by atoms with E-state index >= 15 is 0 Å².